The lowest BCUT2D eigenvalue weighted by molar-refractivity contribution is 0.481. The van der Waals surface area contributed by atoms with E-state index in [1.807, 2.05) is 24.3 Å². The van der Waals surface area contributed by atoms with Crippen LogP contribution in [0.1, 0.15) is 44.6 Å². The molecule has 0 amide bonds. The van der Waals surface area contributed by atoms with Crippen LogP contribution in [0.25, 0.3) is 0 Å². The van der Waals surface area contributed by atoms with Crippen LogP contribution in [-0.2, 0) is 6.54 Å². The summed E-state index contributed by atoms with van der Waals surface area (Å²) in [6.45, 7) is 5.95. The molecule has 2 aliphatic rings. The van der Waals surface area contributed by atoms with E-state index in [9.17, 15) is 0 Å². The number of thiocarbonyl (C=S) groups is 1. The van der Waals surface area contributed by atoms with Gasteiger partial charge in [0.25, 0.3) is 0 Å². The van der Waals surface area contributed by atoms with Gasteiger partial charge >= 0.3 is 0 Å². The first kappa shape index (κ1) is 21.1. The molecule has 160 valence electrons. The largest absolute Gasteiger partial charge is 0.358 e. The highest BCUT2D eigenvalue weighted by atomic mass is 35.5. The van der Waals surface area contributed by atoms with Gasteiger partial charge in [0.15, 0.2) is 5.11 Å². The van der Waals surface area contributed by atoms with E-state index in [-0.39, 0.29) is 0 Å². The number of hydrogen-bond donors (Lipinski definition) is 2. The fraction of sp³-hybridized carbons (Fsp3) is 0.500. The zero-order valence-electron chi connectivity index (χ0n) is 17.4. The van der Waals surface area contributed by atoms with Crippen LogP contribution in [0.15, 0.2) is 30.3 Å². The van der Waals surface area contributed by atoms with Crippen molar-refractivity contribution in [3.63, 3.8) is 0 Å². The molecular weight excluding hydrogens is 416 g/mol. The predicted molar refractivity (Wildman–Crippen MR) is 129 cm³/mol. The van der Waals surface area contributed by atoms with Crippen molar-refractivity contribution in [3.05, 3.63) is 40.9 Å². The first-order valence-electron chi connectivity index (χ1n) is 10.8. The quantitative estimate of drug-likeness (QED) is 0.653. The molecule has 2 fully saturated rings. The van der Waals surface area contributed by atoms with Gasteiger partial charge in [0.2, 0.25) is 5.95 Å². The van der Waals surface area contributed by atoms with Crippen molar-refractivity contribution in [1.82, 2.24) is 15.3 Å². The van der Waals surface area contributed by atoms with Crippen molar-refractivity contribution in [2.24, 2.45) is 0 Å². The standard InChI is InChI=1S/C22H29ClN6S/c1-16-8-4-5-13-29(16)20-14-19(28-11-6-7-12-28)25-21(26-20)27-22(30)24-15-17-9-2-3-10-18(17)23/h2-3,9-10,14,16H,4-8,11-13,15H2,1H3,(H2,24,25,26,27,30)/t16-/m1/s1. The highest BCUT2D eigenvalue weighted by molar-refractivity contribution is 7.80. The van der Waals surface area contributed by atoms with Crippen LogP contribution in [0.2, 0.25) is 5.02 Å². The SMILES string of the molecule is C[C@@H]1CCCCN1c1cc(N2CCCC2)nc(NC(=S)NCc2ccccc2Cl)n1. The number of anilines is 3. The minimum atomic E-state index is 0.484. The van der Waals surface area contributed by atoms with Crippen LogP contribution < -0.4 is 20.4 Å². The van der Waals surface area contributed by atoms with Crippen molar-refractivity contribution in [3.8, 4) is 0 Å². The molecule has 3 heterocycles. The highest BCUT2D eigenvalue weighted by Gasteiger charge is 2.23. The Labute approximate surface area is 189 Å². The summed E-state index contributed by atoms with van der Waals surface area (Å²) in [6.07, 6.45) is 6.10. The molecule has 2 N–H and O–H groups in total. The van der Waals surface area contributed by atoms with E-state index in [4.69, 9.17) is 33.8 Å². The smallest absolute Gasteiger partial charge is 0.232 e. The Morgan fingerprint density at radius 1 is 1.10 bits per heavy atom. The summed E-state index contributed by atoms with van der Waals surface area (Å²) in [6, 6.07) is 10.4. The predicted octanol–water partition coefficient (Wildman–Crippen LogP) is 4.60. The Morgan fingerprint density at radius 3 is 2.60 bits per heavy atom. The van der Waals surface area contributed by atoms with Crippen LogP contribution in [0.3, 0.4) is 0 Å². The van der Waals surface area contributed by atoms with Gasteiger partial charge in [0, 0.05) is 43.3 Å². The van der Waals surface area contributed by atoms with Gasteiger partial charge in [0.05, 0.1) is 0 Å². The Morgan fingerprint density at radius 2 is 1.83 bits per heavy atom. The van der Waals surface area contributed by atoms with Gasteiger partial charge in [-0.05, 0) is 62.9 Å². The molecule has 2 aliphatic heterocycles. The third-order valence-electron chi connectivity index (χ3n) is 5.85. The summed E-state index contributed by atoms with van der Waals surface area (Å²) in [4.78, 5) is 14.3. The van der Waals surface area contributed by atoms with E-state index in [1.54, 1.807) is 0 Å². The number of halogens is 1. The van der Waals surface area contributed by atoms with Crippen LogP contribution >= 0.6 is 23.8 Å². The maximum atomic E-state index is 6.24. The fourth-order valence-corrected chi connectivity index (χ4v) is 4.50. The molecule has 1 atom stereocenters. The van der Waals surface area contributed by atoms with E-state index in [0.29, 0.717) is 23.6 Å². The third-order valence-corrected chi connectivity index (χ3v) is 6.46. The van der Waals surface area contributed by atoms with Crippen LogP contribution in [0, 0.1) is 0 Å². The van der Waals surface area contributed by atoms with E-state index in [2.05, 4.69) is 33.4 Å². The molecule has 30 heavy (non-hydrogen) atoms. The first-order valence-corrected chi connectivity index (χ1v) is 11.6. The maximum absolute atomic E-state index is 6.24. The second-order valence-electron chi connectivity index (χ2n) is 8.04. The Bertz CT molecular complexity index is 886. The second-order valence-corrected chi connectivity index (χ2v) is 8.85. The van der Waals surface area contributed by atoms with Gasteiger partial charge in [-0.3, -0.25) is 0 Å². The van der Waals surface area contributed by atoms with Gasteiger partial charge in [-0.1, -0.05) is 29.8 Å². The summed E-state index contributed by atoms with van der Waals surface area (Å²) in [5.74, 6) is 2.51. The van der Waals surface area contributed by atoms with Crippen LogP contribution in [-0.4, -0.2) is 40.8 Å². The summed E-state index contributed by atoms with van der Waals surface area (Å²) in [5.41, 5.74) is 0.998. The van der Waals surface area contributed by atoms with E-state index in [0.717, 1.165) is 41.9 Å². The topological polar surface area (TPSA) is 56.3 Å². The molecule has 2 saturated heterocycles. The Balaban J connectivity index is 1.50. The molecule has 8 heteroatoms. The number of aromatic nitrogens is 2. The summed E-state index contributed by atoms with van der Waals surface area (Å²) in [5, 5.41) is 7.62. The first-order chi connectivity index (χ1) is 14.6. The Hall–Kier alpha value is -2.12. The molecule has 0 spiro atoms. The van der Waals surface area contributed by atoms with Gasteiger partial charge in [-0.25, -0.2) is 0 Å². The van der Waals surface area contributed by atoms with Gasteiger partial charge in [0.1, 0.15) is 11.6 Å². The minimum Gasteiger partial charge on any atom is -0.358 e. The summed E-state index contributed by atoms with van der Waals surface area (Å²) in [7, 11) is 0. The van der Waals surface area contributed by atoms with E-state index in [1.165, 1.54) is 32.1 Å². The number of nitrogens with one attached hydrogen (secondary N) is 2. The lowest BCUT2D eigenvalue weighted by atomic mass is 10.0. The zero-order chi connectivity index (χ0) is 20.9. The monoisotopic (exact) mass is 444 g/mol. The summed E-state index contributed by atoms with van der Waals surface area (Å²) < 4.78 is 0. The van der Waals surface area contributed by atoms with Crippen molar-refractivity contribution < 1.29 is 0 Å². The Kier molecular flexibility index (Phi) is 6.89. The number of benzene rings is 1. The number of nitrogens with zero attached hydrogens (tertiary/aromatic N) is 4. The van der Waals surface area contributed by atoms with Crippen molar-refractivity contribution >= 4 is 46.5 Å². The lowest BCUT2D eigenvalue weighted by Gasteiger charge is -2.35. The van der Waals surface area contributed by atoms with Crippen molar-refractivity contribution in [1.29, 1.82) is 0 Å². The average molecular weight is 445 g/mol. The highest BCUT2D eigenvalue weighted by Crippen LogP contribution is 2.28. The molecule has 0 aliphatic carbocycles. The molecule has 6 nitrogen and oxygen atoms in total. The van der Waals surface area contributed by atoms with Crippen molar-refractivity contribution in [2.75, 3.05) is 34.8 Å². The normalized spacial score (nSPS) is 19.1. The molecule has 0 bridgehead atoms. The summed E-state index contributed by atoms with van der Waals surface area (Å²) >= 11 is 11.7. The molecule has 0 radical (unpaired) electrons. The zero-order valence-corrected chi connectivity index (χ0v) is 19.0. The van der Waals surface area contributed by atoms with Crippen molar-refractivity contribution in [2.45, 2.75) is 51.6 Å². The molecule has 0 saturated carbocycles. The number of rotatable bonds is 5. The van der Waals surface area contributed by atoms with Gasteiger partial charge < -0.3 is 20.4 Å². The third kappa shape index (κ3) is 5.13. The minimum absolute atomic E-state index is 0.484. The van der Waals surface area contributed by atoms with Crippen LogP contribution in [0.5, 0.6) is 0 Å². The maximum Gasteiger partial charge on any atom is 0.232 e. The molecule has 0 unspecified atom stereocenters. The van der Waals surface area contributed by atoms with Gasteiger partial charge in [-0.2, -0.15) is 9.97 Å². The molecule has 1 aromatic carbocycles. The second kappa shape index (κ2) is 9.79. The molecular formula is C22H29ClN6S. The van der Waals surface area contributed by atoms with E-state index < -0.39 is 0 Å². The number of piperidine rings is 1. The average Bonchev–Trinajstić information content (AvgIpc) is 3.28. The molecule has 1 aromatic heterocycles. The fourth-order valence-electron chi connectivity index (χ4n) is 4.13. The van der Waals surface area contributed by atoms with Gasteiger partial charge in [-0.15, -0.1) is 0 Å². The number of hydrogen-bond acceptors (Lipinski definition) is 5. The van der Waals surface area contributed by atoms with Crippen LogP contribution in [0.4, 0.5) is 17.6 Å². The molecule has 2 aromatic rings. The molecule has 4 rings (SSSR count). The lowest BCUT2D eigenvalue weighted by Crippen LogP contribution is -2.38. The van der Waals surface area contributed by atoms with E-state index >= 15 is 0 Å².